The summed E-state index contributed by atoms with van der Waals surface area (Å²) in [6.45, 7) is -2.90. The number of ether oxygens (including phenoxy) is 1. The van der Waals surface area contributed by atoms with Crippen LogP contribution in [0.3, 0.4) is 0 Å². The van der Waals surface area contributed by atoms with Gasteiger partial charge in [-0.15, -0.1) is 0 Å². The maximum Gasteiger partial charge on any atom is 0.387 e. The van der Waals surface area contributed by atoms with Crippen LogP contribution < -0.4 is 4.74 Å². The molecule has 1 aromatic carbocycles. The Morgan fingerprint density at radius 1 is 1.29 bits per heavy atom. The Bertz CT molecular complexity index is 334. The summed E-state index contributed by atoms with van der Waals surface area (Å²) in [5.74, 6) is -0.303. The fourth-order valence-corrected chi connectivity index (χ4v) is 1.41. The van der Waals surface area contributed by atoms with E-state index in [-0.39, 0.29) is 11.7 Å². The van der Waals surface area contributed by atoms with E-state index in [1.165, 1.54) is 12.1 Å². The molecule has 0 atom stereocenters. The first kappa shape index (κ1) is 9.37. The van der Waals surface area contributed by atoms with Gasteiger partial charge in [-0.2, -0.15) is 8.78 Å². The van der Waals surface area contributed by atoms with Crippen LogP contribution in [-0.2, 0) is 0 Å². The SMILES string of the molecule is Fc1cc(OC(F)F)ccc1C1CC1. The molecule has 1 aliphatic carbocycles. The van der Waals surface area contributed by atoms with Crippen LogP contribution in [0.25, 0.3) is 0 Å². The number of alkyl halides is 2. The van der Waals surface area contributed by atoms with Crippen molar-refractivity contribution in [1.82, 2.24) is 0 Å². The number of rotatable bonds is 3. The molecule has 0 saturated heterocycles. The fourth-order valence-electron chi connectivity index (χ4n) is 1.41. The minimum Gasteiger partial charge on any atom is -0.435 e. The minimum atomic E-state index is -2.90. The lowest BCUT2D eigenvalue weighted by atomic mass is 10.1. The molecule has 2 rings (SSSR count). The van der Waals surface area contributed by atoms with Crippen LogP contribution in [0.15, 0.2) is 18.2 Å². The number of benzene rings is 1. The highest BCUT2D eigenvalue weighted by Crippen LogP contribution is 2.41. The molecule has 76 valence electrons. The van der Waals surface area contributed by atoms with Gasteiger partial charge in [0.05, 0.1) is 0 Å². The van der Waals surface area contributed by atoms with Crippen molar-refractivity contribution in [3.8, 4) is 5.75 Å². The Kier molecular flexibility index (Phi) is 2.35. The van der Waals surface area contributed by atoms with Gasteiger partial charge >= 0.3 is 6.61 Å². The van der Waals surface area contributed by atoms with Crippen LogP contribution in [0, 0.1) is 5.82 Å². The zero-order valence-electron chi connectivity index (χ0n) is 7.34. The molecule has 1 saturated carbocycles. The summed E-state index contributed by atoms with van der Waals surface area (Å²) in [5.41, 5.74) is 0.603. The molecule has 0 spiro atoms. The van der Waals surface area contributed by atoms with Crippen molar-refractivity contribution >= 4 is 0 Å². The van der Waals surface area contributed by atoms with E-state index in [1.807, 2.05) is 0 Å². The first-order chi connectivity index (χ1) is 6.66. The molecule has 0 N–H and O–H groups in total. The van der Waals surface area contributed by atoms with Gasteiger partial charge in [0.1, 0.15) is 11.6 Å². The summed E-state index contributed by atoms with van der Waals surface area (Å²) in [6.07, 6.45) is 1.96. The third kappa shape index (κ3) is 2.00. The van der Waals surface area contributed by atoms with Crippen LogP contribution >= 0.6 is 0 Å². The number of halogens is 3. The molecule has 0 radical (unpaired) electrons. The summed E-state index contributed by atoms with van der Waals surface area (Å²) in [7, 11) is 0. The van der Waals surface area contributed by atoms with Crippen molar-refractivity contribution in [3.05, 3.63) is 29.6 Å². The van der Waals surface area contributed by atoms with Gasteiger partial charge in [0.2, 0.25) is 0 Å². The van der Waals surface area contributed by atoms with Crippen molar-refractivity contribution in [1.29, 1.82) is 0 Å². The molecular formula is C10H9F3O. The van der Waals surface area contributed by atoms with E-state index in [1.54, 1.807) is 0 Å². The first-order valence-corrected chi connectivity index (χ1v) is 4.41. The summed E-state index contributed by atoms with van der Waals surface area (Å²) in [5, 5.41) is 0. The predicted octanol–water partition coefficient (Wildman–Crippen LogP) is 3.30. The Labute approximate surface area is 79.5 Å². The van der Waals surface area contributed by atoms with Crippen LogP contribution in [0.2, 0.25) is 0 Å². The quantitative estimate of drug-likeness (QED) is 0.730. The molecule has 1 nitrogen and oxygen atoms in total. The molecule has 0 heterocycles. The highest BCUT2D eigenvalue weighted by atomic mass is 19.3. The Balaban J connectivity index is 2.17. The third-order valence-electron chi connectivity index (χ3n) is 2.21. The molecule has 0 amide bonds. The monoisotopic (exact) mass is 202 g/mol. The molecule has 0 aromatic heterocycles. The Morgan fingerprint density at radius 2 is 2.00 bits per heavy atom. The molecule has 0 bridgehead atoms. The molecule has 0 unspecified atom stereocenters. The second-order valence-electron chi connectivity index (χ2n) is 3.34. The van der Waals surface area contributed by atoms with E-state index in [0.29, 0.717) is 5.56 Å². The molecule has 14 heavy (non-hydrogen) atoms. The Morgan fingerprint density at radius 3 is 2.50 bits per heavy atom. The lowest BCUT2D eigenvalue weighted by Crippen LogP contribution is -2.02. The molecule has 4 heteroatoms. The summed E-state index contributed by atoms with van der Waals surface area (Å²) < 4.78 is 40.9. The van der Waals surface area contributed by atoms with Crippen molar-refractivity contribution in [3.63, 3.8) is 0 Å². The Hall–Kier alpha value is -1.19. The van der Waals surface area contributed by atoms with Crippen molar-refractivity contribution in [2.45, 2.75) is 25.4 Å². The van der Waals surface area contributed by atoms with E-state index in [4.69, 9.17) is 0 Å². The third-order valence-corrected chi connectivity index (χ3v) is 2.21. The van der Waals surface area contributed by atoms with Crippen molar-refractivity contribution in [2.75, 3.05) is 0 Å². The fraction of sp³-hybridized carbons (Fsp3) is 0.400. The second kappa shape index (κ2) is 3.52. The van der Waals surface area contributed by atoms with Crippen LogP contribution in [0.5, 0.6) is 5.75 Å². The molecule has 1 fully saturated rings. The molecule has 1 aliphatic rings. The van der Waals surface area contributed by atoms with Gasteiger partial charge in [-0.3, -0.25) is 0 Å². The van der Waals surface area contributed by atoms with Crippen LogP contribution in [-0.4, -0.2) is 6.61 Å². The first-order valence-electron chi connectivity index (χ1n) is 4.41. The lowest BCUT2D eigenvalue weighted by Gasteiger charge is -2.06. The maximum absolute atomic E-state index is 13.3. The average molecular weight is 202 g/mol. The van der Waals surface area contributed by atoms with E-state index < -0.39 is 12.4 Å². The highest BCUT2D eigenvalue weighted by molar-refractivity contribution is 5.33. The minimum absolute atomic E-state index is 0.123. The van der Waals surface area contributed by atoms with Gasteiger partial charge in [-0.25, -0.2) is 4.39 Å². The maximum atomic E-state index is 13.3. The summed E-state index contributed by atoms with van der Waals surface area (Å²) in [6, 6.07) is 3.91. The van der Waals surface area contributed by atoms with Gasteiger partial charge in [0.25, 0.3) is 0 Å². The van der Waals surface area contributed by atoms with Gasteiger partial charge in [0.15, 0.2) is 0 Å². The average Bonchev–Trinajstić information content (AvgIpc) is 2.86. The van der Waals surface area contributed by atoms with Crippen LogP contribution in [0.4, 0.5) is 13.2 Å². The largest absolute Gasteiger partial charge is 0.435 e. The molecular weight excluding hydrogens is 193 g/mol. The van der Waals surface area contributed by atoms with Crippen molar-refractivity contribution < 1.29 is 17.9 Å². The summed E-state index contributed by atoms with van der Waals surface area (Å²) in [4.78, 5) is 0. The van der Waals surface area contributed by atoms with Crippen molar-refractivity contribution in [2.24, 2.45) is 0 Å². The van der Waals surface area contributed by atoms with E-state index in [2.05, 4.69) is 4.74 Å². The van der Waals surface area contributed by atoms with Gasteiger partial charge in [0, 0.05) is 6.07 Å². The van der Waals surface area contributed by atoms with Gasteiger partial charge in [-0.1, -0.05) is 6.07 Å². The normalized spacial score (nSPS) is 16.0. The van der Waals surface area contributed by atoms with Gasteiger partial charge < -0.3 is 4.74 Å². The summed E-state index contributed by atoms with van der Waals surface area (Å²) >= 11 is 0. The highest BCUT2D eigenvalue weighted by Gasteiger charge is 2.26. The standard InChI is InChI=1S/C10H9F3O/c11-9-5-7(14-10(12)13)3-4-8(9)6-1-2-6/h3-6,10H,1-2H2. The second-order valence-corrected chi connectivity index (χ2v) is 3.34. The lowest BCUT2D eigenvalue weighted by molar-refractivity contribution is -0.0500. The van der Waals surface area contributed by atoms with Gasteiger partial charge in [-0.05, 0) is 30.4 Å². The predicted molar refractivity (Wildman–Crippen MR) is 45.0 cm³/mol. The molecule has 0 aliphatic heterocycles. The van der Waals surface area contributed by atoms with Crippen LogP contribution in [0.1, 0.15) is 24.3 Å². The topological polar surface area (TPSA) is 9.23 Å². The van der Waals surface area contributed by atoms with E-state index in [9.17, 15) is 13.2 Å². The smallest absolute Gasteiger partial charge is 0.387 e. The molecule has 1 aromatic rings. The van der Waals surface area contributed by atoms with E-state index in [0.717, 1.165) is 18.9 Å². The number of hydrogen-bond acceptors (Lipinski definition) is 1. The van der Waals surface area contributed by atoms with E-state index >= 15 is 0 Å². The zero-order chi connectivity index (χ0) is 10.1. The zero-order valence-corrected chi connectivity index (χ0v) is 7.34. The number of hydrogen-bond donors (Lipinski definition) is 0.